The van der Waals surface area contributed by atoms with Crippen LogP contribution in [0, 0.1) is 0 Å². The van der Waals surface area contributed by atoms with Gasteiger partial charge in [-0.25, -0.2) is 0 Å². The van der Waals surface area contributed by atoms with E-state index in [1.807, 2.05) is 11.6 Å². The summed E-state index contributed by atoms with van der Waals surface area (Å²) in [5, 5.41) is 4.39. The molecular weight excluding hydrogens is 212 g/mol. The topological polar surface area (TPSA) is 27.1 Å². The second kappa shape index (κ2) is 5.40. The van der Waals surface area contributed by atoms with E-state index in [4.69, 9.17) is 16.3 Å². The van der Waals surface area contributed by atoms with Gasteiger partial charge in [-0.2, -0.15) is 5.10 Å². The van der Waals surface area contributed by atoms with Crippen LogP contribution in [-0.2, 0) is 6.54 Å². The van der Waals surface area contributed by atoms with Crippen LogP contribution in [0.25, 0.3) is 0 Å². The Balaban J connectivity index is 3.04. The molecule has 0 saturated carbocycles. The van der Waals surface area contributed by atoms with E-state index in [0.717, 1.165) is 24.4 Å². The molecule has 0 bridgehead atoms. The van der Waals surface area contributed by atoms with Crippen LogP contribution >= 0.6 is 11.6 Å². The molecule has 3 nitrogen and oxygen atoms in total. The Hall–Kier alpha value is -0.700. The highest BCUT2D eigenvalue weighted by Crippen LogP contribution is 2.30. The third-order valence-corrected chi connectivity index (χ3v) is 3.00. The molecule has 0 aliphatic carbocycles. The first kappa shape index (κ1) is 12.4. The third kappa shape index (κ3) is 2.65. The van der Waals surface area contributed by atoms with Crippen molar-refractivity contribution >= 4 is 11.6 Å². The van der Waals surface area contributed by atoms with Gasteiger partial charge >= 0.3 is 0 Å². The van der Waals surface area contributed by atoms with E-state index in [2.05, 4.69) is 18.9 Å². The number of hydrogen-bond donors (Lipinski definition) is 0. The van der Waals surface area contributed by atoms with Crippen LogP contribution in [0.5, 0.6) is 5.75 Å². The molecule has 0 aliphatic rings. The lowest BCUT2D eigenvalue weighted by molar-refractivity contribution is 0.401. The quantitative estimate of drug-likeness (QED) is 0.727. The number of nitrogens with zero attached hydrogens (tertiary/aromatic N) is 2. The van der Waals surface area contributed by atoms with Gasteiger partial charge in [0.1, 0.15) is 0 Å². The maximum atomic E-state index is 6.12. The van der Waals surface area contributed by atoms with Crippen LogP contribution in [0.15, 0.2) is 6.20 Å². The molecule has 2 unspecified atom stereocenters. The Labute approximate surface area is 96.4 Å². The summed E-state index contributed by atoms with van der Waals surface area (Å²) in [4.78, 5) is 0. The number of aromatic nitrogens is 2. The smallest absolute Gasteiger partial charge is 0.160 e. The van der Waals surface area contributed by atoms with Crippen molar-refractivity contribution in [3.8, 4) is 5.75 Å². The second-order valence-electron chi connectivity index (χ2n) is 3.79. The molecule has 1 aromatic rings. The standard InChI is InChI=1S/C11H19ClN2O/c1-5-6-14-11(8(2)9(3)12)10(15-4)7-13-14/h7-9H,5-6H2,1-4H3. The fraction of sp³-hybridized carbons (Fsp3) is 0.727. The molecule has 15 heavy (non-hydrogen) atoms. The molecule has 0 radical (unpaired) electrons. The predicted octanol–water partition coefficient (Wildman–Crippen LogP) is 3.03. The Morgan fingerprint density at radius 3 is 2.67 bits per heavy atom. The Morgan fingerprint density at radius 2 is 2.20 bits per heavy atom. The van der Waals surface area contributed by atoms with Gasteiger partial charge in [0.15, 0.2) is 5.75 Å². The summed E-state index contributed by atoms with van der Waals surface area (Å²) in [6.07, 6.45) is 2.82. The van der Waals surface area contributed by atoms with E-state index in [-0.39, 0.29) is 11.3 Å². The molecule has 0 amide bonds. The molecule has 2 atom stereocenters. The zero-order valence-electron chi connectivity index (χ0n) is 9.83. The Kier molecular flexibility index (Phi) is 4.45. The molecule has 0 fully saturated rings. The Morgan fingerprint density at radius 1 is 1.53 bits per heavy atom. The van der Waals surface area contributed by atoms with Crippen molar-refractivity contribution in [2.45, 2.75) is 45.0 Å². The minimum absolute atomic E-state index is 0.0752. The maximum Gasteiger partial charge on any atom is 0.160 e. The van der Waals surface area contributed by atoms with Gasteiger partial charge in [-0.1, -0.05) is 13.8 Å². The summed E-state index contributed by atoms with van der Waals surface area (Å²) in [5.74, 6) is 1.08. The van der Waals surface area contributed by atoms with Crippen LogP contribution in [0.4, 0.5) is 0 Å². The number of methoxy groups -OCH3 is 1. The summed E-state index contributed by atoms with van der Waals surface area (Å²) in [6, 6.07) is 0. The molecule has 1 heterocycles. The van der Waals surface area contributed by atoms with Gasteiger partial charge in [0.05, 0.1) is 19.0 Å². The third-order valence-electron chi connectivity index (χ3n) is 2.62. The predicted molar refractivity (Wildman–Crippen MR) is 62.8 cm³/mol. The molecule has 0 N–H and O–H groups in total. The summed E-state index contributed by atoms with van der Waals surface area (Å²) >= 11 is 6.12. The molecule has 0 aliphatic heterocycles. The zero-order chi connectivity index (χ0) is 11.4. The maximum absolute atomic E-state index is 6.12. The molecule has 86 valence electrons. The van der Waals surface area contributed by atoms with Crippen molar-refractivity contribution < 1.29 is 4.74 Å². The minimum atomic E-state index is 0.0752. The summed E-state index contributed by atoms with van der Waals surface area (Å²) < 4.78 is 7.29. The van der Waals surface area contributed by atoms with Gasteiger partial charge in [-0.05, 0) is 13.3 Å². The Bertz CT molecular complexity index is 310. The van der Waals surface area contributed by atoms with Crippen molar-refractivity contribution in [3.05, 3.63) is 11.9 Å². The molecule has 1 aromatic heterocycles. The van der Waals surface area contributed by atoms with Crippen molar-refractivity contribution in [3.63, 3.8) is 0 Å². The van der Waals surface area contributed by atoms with E-state index in [0.29, 0.717) is 0 Å². The van der Waals surface area contributed by atoms with Crippen LogP contribution in [0.1, 0.15) is 38.8 Å². The second-order valence-corrected chi connectivity index (χ2v) is 4.48. The summed E-state index contributed by atoms with van der Waals surface area (Å²) in [5.41, 5.74) is 1.10. The number of alkyl halides is 1. The molecule has 0 spiro atoms. The number of aryl methyl sites for hydroxylation is 1. The SMILES string of the molecule is CCCn1ncc(OC)c1C(C)C(C)Cl. The van der Waals surface area contributed by atoms with Crippen LogP contribution in [0.2, 0.25) is 0 Å². The van der Waals surface area contributed by atoms with Gasteiger partial charge < -0.3 is 4.74 Å². The fourth-order valence-corrected chi connectivity index (χ4v) is 1.72. The van der Waals surface area contributed by atoms with E-state index < -0.39 is 0 Å². The molecule has 4 heteroatoms. The van der Waals surface area contributed by atoms with Gasteiger partial charge in [0, 0.05) is 17.8 Å². The van der Waals surface area contributed by atoms with Crippen molar-refractivity contribution in [1.82, 2.24) is 9.78 Å². The largest absolute Gasteiger partial charge is 0.493 e. The average molecular weight is 231 g/mol. The van der Waals surface area contributed by atoms with Gasteiger partial charge in [0.2, 0.25) is 0 Å². The van der Waals surface area contributed by atoms with E-state index in [9.17, 15) is 0 Å². The lowest BCUT2D eigenvalue weighted by Gasteiger charge is -2.17. The minimum Gasteiger partial charge on any atom is -0.493 e. The highest BCUT2D eigenvalue weighted by Gasteiger charge is 2.21. The van der Waals surface area contributed by atoms with Gasteiger partial charge in [0.25, 0.3) is 0 Å². The highest BCUT2D eigenvalue weighted by atomic mass is 35.5. The van der Waals surface area contributed by atoms with Crippen LogP contribution in [-0.4, -0.2) is 22.3 Å². The summed E-state index contributed by atoms with van der Waals surface area (Å²) in [6.45, 7) is 7.14. The van der Waals surface area contributed by atoms with Gasteiger partial charge in [-0.15, -0.1) is 11.6 Å². The number of rotatable bonds is 5. The monoisotopic (exact) mass is 230 g/mol. The first-order chi connectivity index (χ1) is 7.11. The molecular formula is C11H19ClN2O. The number of halogens is 1. The first-order valence-corrected chi connectivity index (χ1v) is 5.79. The lowest BCUT2D eigenvalue weighted by Crippen LogP contribution is -2.13. The normalized spacial score (nSPS) is 15.0. The van der Waals surface area contributed by atoms with Gasteiger partial charge in [-0.3, -0.25) is 4.68 Å². The van der Waals surface area contributed by atoms with Crippen LogP contribution < -0.4 is 4.74 Å². The molecule has 1 rings (SSSR count). The van der Waals surface area contributed by atoms with E-state index in [1.165, 1.54) is 0 Å². The average Bonchev–Trinajstić information content (AvgIpc) is 2.60. The zero-order valence-corrected chi connectivity index (χ0v) is 10.6. The van der Waals surface area contributed by atoms with E-state index in [1.54, 1.807) is 13.3 Å². The first-order valence-electron chi connectivity index (χ1n) is 5.35. The van der Waals surface area contributed by atoms with Crippen molar-refractivity contribution in [2.24, 2.45) is 0 Å². The number of hydrogen-bond acceptors (Lipinski definition) is 2. The molecule has 0 saturated heterocycles. The number of ether oxygens (including phenoxy) is 1. The van der Waals surface area contributed by atoms with E-state index >= 15 is 0 Å². The lowest BCUT2D eigenvalue weighted by atomic mass is 10.0. The van der Waals surface area contributed by atoms with Crippen LogP contribution in [0.3, 0.4) is 0 Å². The highest BCUT2D eigenvalue weighted by molar-refractivity contribution is 6.20. The summed E-state index contributed by atoms with van der Waals surface area (Å²) in [7, 11) is 1.67. The van der Waals surface area contributed by atoms with Crippen molar-refractivity contribution in [2.75, 3.05) is 7.11 Å². The fourth-order valence-electron chi connectivity index (χ4n) is 1.60. The van der Waals surface area contributed by atoms with Crippen molar-refractivity contribution in [1.29, 1.82) is 0 Å². The molecule has 0 aromatic carbocycles.